The van der Waals surface area contributed by atoms with E-state index in [-0.39, 0.29) is 11.8 Å². The molecule has 4 nitrogen and oxygen atoms in total. The molecule has 0 bridgehead atoms. The van der Waals surface area contributed by atoms with Gasteiger partial charge in [0.1, 0.15) is 0 Å². The van der Waals surface area contributed by atoms with Gasteiger partial charge < -0.3 is 10.6 Å². The number of rotatable bonds is 6. The lowest BCUT2D eigenvalue weighted by molar-refractivity contribution is 0.0935. The van der Waals surface area contributed by atoms with E-state index in [1.807, 2.05) is 62.4 Å². The Morgan fingerprint density at radius 1 is 0.750 bits per heavy atom. The van der Waals surface area contributed by atoms with Crippen LogP contribution in [-0.2, 0) is 0 Å². The molecular formula is C24H30N2O2. The molecule has 1 aliphatic carbocycles. The largest absolute Gasteiger partial charge is 0.352 e. The number of amides is 2. The number of nitrogens with one attached hydrogen (secondary N) is 2. The molecule has 28 heavy (non-hydrogen) atoms. The van der Waals surface area contributed by atoms with E-state index in [4.69, 9.17) is 0 Å². The summed E-state index contributed by atoms with van der Waals surface area (Å²) in [6, 6.07) is 15.3. The molecule has 0 aromatic heterocycles. The molecule has 1 saturated carbocycles. The van der Waals surface area contributed by atoms with Crippen molar-refractivity contribution in [2.24, 2.45) is 11.8 Å². The first-order valence-corrected chi connectivity index (χ1v) is 10.2. The highest BCUT2D eigenvalue weighted by molar-refractivity contribution is 5.94. The third kappa shape index (κ3) is 5.69. The van der Waals surface area contributed by atoms with E-state index in [0.29, 0.717) is 36.1 Å². The number of carbonyl (C=O) groups is 2. The molecule has 0 radical (unpaired) electrons. The molecule has 2 atom stereocenters. The fourth-order valence-corrected chi connectivity index (χ4v) is 3.86. The van der Waals surface area contributed by atoms with E-state index >= 15 is 0 Å². The Balaban J connectivity index is 1.43. The Morgan fingerprint density at radius 3 is 1.54 bits per heavy atom. The molecule has 2 N–H and O–H groups in total. The van der Waals surface area contributed by atoms with Crippen LogP contribution in [0, 0.1) is 25.7 Å². The second kappa shape index (κ2) is 9.54. The fraction of sp³-hybridized carbons (Fsp3) is 0.417. The summed E-state index contributed by atoms with van der Waals surface area (Å²) in [7, 11) is 0. The number of benzene rings is 2. The van der Waals surface area contributed by atoms with Crippen LogP contribution in [0.1, 0.15) is 57.5 Å². The lowest BCUT2D eigenvalue weighted by atomic mass is 9.81. The molecular weight excluding hydrogens is 348 g/mol. The van der Waals surface area contributed by atoms with Crippen molar-refractivity contribution in [2.75, 3.05) is 13.1 Å². The summed E-state index contributed by atoms with van der Waals surface area (Å²) in [6.07, 6.45) is 4.46. The van der Waals surface area contributed by atoms with Gasteiger partial charge in [-0.2, -0.15) is 0 Å². The average Bonchev–Trinajstić information content (AvgIpc) is 2.71. The molecule has 0 spiro atoms. The van der Waals surface area contributed by atoms with Crippen LogP contribution in [0.3, 0.4) is 0 Å². The van der Waals surface area contributed by atoms with Gasteiger partial charge in [-0.05, 0) is 69.2 Å². The Hall–Kier alpha value is -2.62. The van der Waals surface area contributed by atoms with Gasteiger partial charge >= 0.3 is 0 Å². The molecule has 1 fully saturated rings. The highest BCUT2D eigenvalue weighted by Gasteiger charge is 2.23. The van der Waals surface area contributed by atoms with Crippen LogP contribution in [0.2, 0.25) is 0 Å². The maximum atomic E-state index is 12.3. The fourth-order valence-electron chi connectivity index (χ4n) is 3.86. The summed E-state index contributed by atoms with van der Waals surface area (Å²) in [5.74, 6) is 0.943. The van der Waals surface area contributed by atoms with Gasteiger partial charge in [-0.25, -0.2) is 0 Å². The number of aryl methyl sites for hydroxylation is 2. The van der Waals surface area contributed by atoms with Gasteiger partial charge in [-0.3, -0.25) is 9.59 Å². The Kier molecular flexibility index (Phi) is 6.85. The number of hydrogen-bond acceptors (Lipinski definition) is 2. The first-order chi connectivity index (χ1) is 13.5. The molecule has 1 aliphatic rings. The third-order valence-corrected chi connectivity index (χ3v) is 5.62. The maximum Gasteiger partial charge on any atom is 0.251 e. The standard InChI is InChI=1S/C24H30N2O2/c1-17-6-10-21(11-7-17)23(27)25-15-19-4-3-5-20(14-19)16-26-24(28)22-12-8-18(2)9-13-22/h6-13,19-20H,3-5,14-16H2,1-2H3,(H,25,27)(H,26,28)/t19-,20+. The van der Waals surface area contributed by atoms with E-state index < -0.39 is 0 Å². The zero-order chi connectivity index (χ0) is 19.9. The Bertz CT molecular complexity index is 729. The zero-order valence-corrected chi connectivity index (χ0v) is 16.8. The normalized spacial score (nSPS) is 19.1. The lowest BCUT2D eigenvalue weighted by Crippen LogP contribution is -2.35. The van der Waals surface area contributed by atoms with Crippen molar-refractivity contribution in [3.8, 4) is 0 Å². The van der Waals surface area contributed by atoms with Crippen molar-refractivity contribution in [1.82, 2.24) is 10.6 Å². The second-order valence-corrected chi connectivity index (χ2v) is 8.05. The van der Waals surface area contributed by atoms with E-state index in [2.05, 4.69) is 10.6 Å². The van der Waals surface area contributed by atoms with Crippen molar-refractivity contribution in [2.45, 2.75) is 39.5 Å². The minimum atomic E-state index is -0.00482. The highest BCUT2D eigenvalue weighted by atomic mass is 16.2. The molecule has 0 unspecified atom stereocenters. The maximum absolute atomic E-state index is 12.3. The zero-order valence-electron chi connectivity index (χ0n) is 16.8. The SMILES string of the molecule is Cc1ccc(C(=O)NC[C@H]2CCC[C@@H](CNC(=O)c3ccc(C)cc3)C2)cc1. The van der Waals surface area contributed by atoms with Gasteiger partial charge in [0, 0.05) is 24.2 Å². The van der Waals surface area contributed by atoms with Gasteiger partial charge in [-0.15, -0.1) is 0 Å². The summed E-state index contributed by atoms with van der Waals surface area (Å²) in [6.45, 7) is 5.44. The summed E-state index contributed by atoms with van der Waals surface area (Å²) < 4.78 is 0. The van der Waals surface area contributed by atoms with E-state index in [1.165, 1.54) is 0 Å². The summed E-state index contributed by atoms with van der Waals surface area (Å²) in [4.78, 5) is 24.6. The molecule has 0 saturated heterocycles. The van der Waals surface area contributed by atoms with Crippen LogP contribution in [-0.4, -0.2) is 24.9 Å². The van der Waals surface area contributed by atoms with Gasteiger partial charge in [-0.1, -0.05) is 41.8 Å². The quantitative estimate of drug-likeness (QED) is 0.789. The summed E-state index contributed by atoms with van der Waals surface area (Å²) in [5, 5.41) is 6.16. The van der Waals surface area contributed by atoms with E-state index in [0.717, 1.165) is 36.8 Å². The van der Waals surface area contributed by atoms with Crippen LogP contribution in [0.4, 0.5) is 0 Å². The topological polar surface area (TPSA) is 58.2 Å². The van der Waals surface area contributed by atoms with Gasteiger partial charge in [0.15, 0.2) is 0 Å². The van der Waals surface area contributed by atoms with Crippen LogP contribution in [0.5, 0.6) is 0 Å². The average molecular weight is 379 g/mol. The van der Waals surface area contributed by atoms with E-state index in [9.17, 15) is 9.59 Å². The Labute approximate surface area is 167 Å². The summed E-state index contributed by atoms with van der Waals surface area (Å²) in [5.41, 5.74) is 3.73. The van der Waals surface area contributed by atoms with Crippen molar-refractivity contribution in [3.05, 3.63) is 70.8 Å². The van der Waals surface area contributed by atoms with Crippen LogP contribution in [0.15, 0.2) is 48.5 Å². The Morgan fingerprint density at radius 2 is 1.14 bits per heavy atom. The van der Waals surface area contributed by atoms with Crippen molar-refractivity contribution < 1.29 is 9.59 Å². The predicted molar refractivity (Wildman–Crippen MR) is 112 cm³/mol. The van der Waals surface area contributed by atoms with E-state index in [1.54, 1.807) is 0 Å². The van der Waals surface area contributed by atoms with Crippen LogP contribution >= 0.6 is 0 Å². The smallest absolute Gasteiger partial charge is 0.251 e. The third-order valence-electron chi connectivity index (χ3n) is 5.62. The van der Waals surface area contributed by atoms with Gasteiger partial charge in [0.05, 0.1) is 0 Å². The number of carbonyl (C=O) groups excluding carboxylic acids is 2. The number of hydrogen-bond donors (Lipinski definition) is 2. The first kappa shape index (κ1) is 20.1. The lowest BCUT2D eigenvalue weighted by Gasteiger charge is -2.29. The minimum Gasteiger partial charge on any atom is -0.352 e. The van der Waals surface area contributed by atoms with Gasteiger partial charge in [0.2, 0.25) is 0 Å². The molecule has 2 aromatic carbocycles. The predicted octanol–water partition coefficient (Wildman–Crippen LogP) is 4.27. The van der Waals surface area contributed by atoms with Crippen molar-refractivity contribution in [1.29, 1.82) is 0 Å². The highest BCUT2D eigenvalue weighted by Crippen LogP contribution is 2.28. The molecule has 4 heteroatoms. The second-order valence-electron chi connectivity index (χ2n) is 8.05. The molecule has 0 heterocycles. The first-order valence-electron chi connectivity index (χ1n) is 10.2. The summed E-state index contributed by atoms with van der Waals surface area (Å²) >= 11 is 0. The monoisotopic (exact) mass is 378 g/mol. The molecule has 0 aliphatic heterocycles. The molecule has 148 valence electrons. The van der Waals surface area contributed by atoms with Crippen molar-refractivity contribution >= 4 is 11.8 Å². The van der Waals surface area contributed by atoms with Crippen molar-refractivity contribution in [3.63, 3.8) is 0 Å². The molecule has 2 amide bonds. The molecule has 3 rings (SSSR count). The minimum absolute atomic E-state index is 0.00482. The van der Waals surface area contributed by atoms with Crippen LogP contribution < -0.4 is 10.6 Å². The van der Waals surface area contributed by atoms with Crippen LogP contribution in [0.25, 0.3) is 0 Å². The molecule has 2 aromatic rings. The van der Waals surface area contributed by atoms with Gasteiger partial charge in [0.25, 0.3) is 11.8 Å².